The number of halogens is 3. The number of carbonyl (C=O) groups is 2. The van der Waals surface area contributed by atoms with Crippen LogP contribution in [0.1, 0.15) is 30.0 Å². The van der Waals surface area contributed by atoms with Crippen molar-refractivity contribution in [2.75, 3.05) is 63.2 Å². The van der Waals surface area contributed by atoms with Crippen LogP contribution in [0, 0.1) is 5.41 Å². The minimum atomic E-state index is -5.08. The second kappa shape index (κ2) is 13.7. The zero-order valence-electron chi connectivity index (χ0n) is 23.1. The van der Waals surface area contributed by atoms with Gasteiger partial charge in [0.05, 0.1) is 0 Å². The van der Waals surface area contributed by atoms with Gasteiger partial charge in [0.25, 0.3) is 0 Å². The van der Waals surface area contributed by atoms with E-state index in [0.717, 1.165) is 68.9 Å². The van der Waals surface area contributed by atoms with Crippen molar-refractivity contribution in [3.05, 3.63) is 59.7 Å². The topological polar surface area (TPSA) is 137 Å². The lowest BCUT2D eigenvalue weighted by atomic mass is 9.97. The van der Waals surface area contributed by atoms with Gasteiger partial charge in [-0.05, 0) is 54.8 Å². The third-order valence-corrected chi connectivity index (χ3v) is 7.44. The number of nitrogens with one attached hydrogen (secondary N) is 1. The highest BCUT2D eigenvalue weighted by molar-refractivity contribution is 5.95. The third kappa shape index (κ3) is 8.57. The maximum atomic E-state index is 12.1. The number of likely N-dealkylation sites (tertiary alicyclic amines) is 1. The number of benzene rings is 2. The number of nitrogens with two attached hydrogens (primary N) is 1. The fourth-order valence-electron chi connectivity index (χ4n) is 5.17. The maximum Gasteiger partial charge on any atom is 0.490 e. The Morgan fingerprint density at radius 1 is 0.927 bits per heavy atom. The molecule has 0 aromatic heterocycles. The Balaban J connectivity index is 0.000000587. The summed E-state index contributed by atoms with van der Waals surface area (Å²) in [6, 6.07) is 15.7. The van der Waals surface area contributed by atoms with Gasteiger partial charge in [0.1, 0.15) is 11.9 Å². The number of carboxylic acid groups (broad SMARTS) is 2. The van der Waals surface area contributed by atoms with Gasteiger partial charge < -0.3 is 25.7 Å². The quantitative estimate of drug-likeness (QED) is 0.289. The fraction of sp³-hybridized carbons (Fsp3) is 0.464. The van der Waals surface area contributed by atoms with Crippen molar-refractivity contribution in [2.24, 2.45) is 5.73 Å². The lowest BCUT2D eigenvalue weighted by Crippen LogP contribution is -2.54. The maximum absolute atomic E-state index is 12.1. The summed E-state index contributed by atoms with van der Waals surface area (Å²) in [4.78, 5) is 30.1. The molecule has 1 unspecified atom stereocenters. The molecule has 0 aliphatic carbocycles. The summed E-state index contributed by atoms with van der Waals surface area (Å²) >= 11 is 0. The molecule has 2 fully saturated rings. The molecule has 2 saturated heterocycles. The van der Waals surface area contributed by atoms with Gasteiger partial charge in [-0.2, -0.15) is 13.2 Å². The second-order valence-electron chi connectivity index (χ2n) is 10.3. The lowest BCUT2D eigenvalue weighted by molar-refractivity contribution is -0.192. The summed E-state index contributed by atoms with van der Waals surface area (Å²) < 4.78 is 31.7. The van der Waals surface area contributed by atoms with Crippen LogP contribution in [0.25, 0.3) is 0 Å². The molecule has 13 heteroatoms. The molecular weight excluding hydrogens is 541 g/mol. The third-order valence-electron chi connectivity index (χ3n) is 7.44. The number of hydrogen-bond acceptors (Lipinski definition) is 7. The number of carboxylic acids is 2. The Morgan fingerprint density at radius 2 is 1.44 bits per heavy atom. The summed E-state index contributed by atoms with van der Waals surface area (Å²) in [7, 11) is 3.97. The van der Waals surface area contributed by atoms with E-state index in [1.807, 2.05) is 67.5 Å². The zero-order valence-corrected chi connectivity index (χ0v) is 23.1. The van der Waals surface area contributed by atoms with Gasteiger partial charge in [0.15, 0.2) is 0 Å². The number of hydrogen-bond donors (Lipinski definition) is 4. The normalized spacial score (nSPS) is 17.7. The molecule has 0 amide bonds. The highest BCUT2D eigenvalue weighted by Gasteiger charge is 2.38. The number of aliphatic carboxylic acids is 2. The first-order chi connectivity index (χ1) is 19.3. The summed E-state index contributed by atoms with van der Waals surface area (Å²) in [6.07, 6.45) is -3.10. The number of nitrogens with zero attached hydrogens (tertiary/aromatic N) is 4. The second-order valence-corrected chi connectivity index (χ2v) is 10.3. The van der Waals surface area contributed by atoms with Gasteiger partial charge in [-0.3, -0.25) is 20.0 Å². The summed E-state index contributed by atoms with van der Waals surface area (Å²) in [5, 5.41) is 24.6. The number of piperidine rings is 1. The highest BCUT2D eigenvalue weighted by Crippen LogP contribution is 2.29. The van der Waals surface area contributed by atoms with Crippen molar-refractivity contribution in [3.63, 3.8) is 0 Å². The van der Waals surface area contributed by atoms with E-state index in [1.54, 1.807) is 0 Å². The van der Waals surface area contributed by atoms with Gasteiger partial charge in [-0.15, -0.1) is 0 Å². The number of piperazine rings is 1. The molecule has 2 aliphatic rings. The minimum absolute atomic E-state index is 0.0958. The Labute approximate surface area is 237 Å². The number of alkyl halides is 3. The first-order valence-electron chi connectivity index (χ1n) is 13.3. The monoisotopic (exact) mass is 578 g/mol. The number of rotatable bonds is 7. The van der Waals surface area contributed by atoms with Gasteiger partial charge in [0.2, 0.25) is 0 Å². The predicted molar refractivity (Wildman–Crippen MR) is 151 cm³/mol. The van der Waals surface area contributed by atoms with Crippen LogP contribution in [0.3, 0.4) is 0 Å². The standard InChI is InChI=1S/C26H36N6O2.C2HF3O2/c1-29(2)21-7-3-19(4-8-21)24(26(33)34)32-13-11-23(12-14-32)31-17-15-30(16-18-31)22-9-5-20(6-10-22)25(27)28;3-2(4,5)1(6)7/h3-10,23-24H,11-18H2,1-2H3,(H3,27,28)(H,33,34);(H,6,7). The fourth-order valence-corrected chi connectivity index (χ4v) is 5.17. The Morgan fingerprint density at radius 3 is 1.85 bits per heavy atom. The van der Waals surface area contributed by atoms with Crippen LogP contribution < -0.4 is 15.5 Å². The molecule has 0 saturated carbocycles. The van der Waals surface area contributed by atoms with Crippen molar-refractivity contribution < 1.29 is 33.0 Å². The minimum Gasteiger partial charge on any atom is -0.480 e. The molecule has 2 aliphatic heterocycles. The number of amidine groups is 1. The predicted octanol–water partition coefficient (Wildman–Crippen LogP) is 3.08. The van der Waals surface area contributed by atoms with E-state index in [2.05, 4.69) is 14.7 Å². The van der Waals surface area contributed by atoms with Crippen LogP contribution in [0.2, 0.25) is 0 Å². The van der Waals surface area contributed by atoms with E-state index in [9.17, 15) is 23.1 Å². The van der Waals surface area contributed by atoms with E-state index in [-0.39, 0.29) is 5.84 Å². The molecule has 1 atom stereocenters. The van der Waals surface area contributed by atoms with E-state index in [0.29, 0.717) is 6.04 Å². The van der Waals surface area contributed by atoms with Crippen LogP contribution in [0.5, 0.6) is 0 Å². The van der Waals surface area contributed by atoms with E-state index in [4.69, 9.17) is 21.0 Å². The van der Waals surface area contributed by atoms with Crippen molar-refractivity contribution in [1.82, 2.24) is 9.80 Å². The van der Waals surface area contributed by atoms with Gasteiger partial charge in [-0.25, -0.2) is 4.79 Å². The first kappa shape index (κ1) is 31.7. The molecule has 2 aromatic rings. The summed E-state index contributed by atoms with van der Waals surface area (Å²) in [5.41, 5.74) is 9.40. The average molecular weight is 579 g/mol. The van der Waals surface area contributed by atoms with Gasteiger partial charge in [-0.1, -0.05) is 12.1 Å². The smallest absolute Gasteiger partial charge is 0.480 e. The van der Waals surface area contributed by atoms with Crippen molar-refractivity contribution >= 4 is 29.1 Å². The average Bonchev–Trinajstić information content (AvgIpc) is 2.94. The van der Waals surface area contributed by atoms with Crippen molar-refractivity contribution in [2.45, 2.75) is 31.1 Å². The number of nitrogen functional groups attached to an aromatic ring is 1. The molecule has 0 bridgehead atoms. The summed E-state index contributed by atoms with van der Waals surface area (Å²) in [6.45, 7) is 5.54. The van der Waals surface area contributed by atoms with Crippen molar-refractivity contribution in [1.29, 1.82) is 5.41 Å². The molecule has 4 rings (SSSR count). The van der Waals surface area contributed by atoms with Crippen LogP contribution in [-0.4, -0.2) is 103 Å². The van der Waals surface area contributed by atoms with Crippen LogP contribution in [-0.2, 0) is 9.59 Å². The van der Waals surface area contributed by atoms with Crippen molar-refractivity contribution in [3.8, 4) is 0 Å². The van der Waals surface area contributed by atoms with E-state index in [1.165, 1.54) is 5.69 Å². The molecule has 224 valence electrons. The van der Waals surface area contributed by atoms with E-state index < -0.39 is 24.2 Å². The Bertz CT molecular complexity index is 1170. The molecule has 10 nitrogen and oxygen atoms in total. The van der Waals surface area contributed by atoms with Crippen LogP contribution in [0.15, 0.2) is 48.5 Å². The first-order valence-corrected chi connectivity index (χ1v) is 13.3. The Hall–Kier alpha value is -3.84. The lowest BCUT2D eigenvalue weighted by Gasteiger charge is -2.44. The number of anilines is 2. The summed E-state index contributed by atoms with van der Waals surface area (Å²) in [5.74, 6) is -3.44. The highest BCUT2D eigenvalue weighted by atomic mass is 19.4. The molecule has 2 heterocycles. The molecular formula is C28H37F3N6O4. The van der Waals surface area contributed by atoms with Crippen LogP contribution >= 0.6 is 0 Å². The van der Waals surface area contributed by atoms with E-state index >= 15 is 0 Å². The zero-order chi connectivity index (χ0) is 30.3. The largest absolute Gasteiger partial charge is 0.490 e. The SMILES string of the molecule is CN(C)c1ccc(C(C(=O)O)N2CCC(N3CCN(c4ccc(C(=N)N)cc4)CC3)CC2)cc1.O=C(O)C(F)(F)F. The molecule has 0 spiro atoms. The van der Waals surface area contributed by atoms with Gasteiger partial charge in [0, 0.05) is 76.3 Å². The molecule has 0 radical (unpaired) electrons. The Kier molecular flexibility index (Phi) is 10.6. The molecule has 2 aromatic carbocycles. The molecule has 41 heavy (non-hydrogen) atoms. The van der Waals surface area contributed by atoms with Crippen LogP contribution in [0.4, 0.5) is 24.5 Å². The van der Waals surface area contributed by atoms with Gasteiger partial charge >= 0.3 is 18.1 Å². The molecule has 5 N–H and O–H groups in total.